The van der Waals surface area contributed by atoms with Gasteiger partial charge in [-0.25, -0.2) is 0 Å². The predicted molar refractivity (Wildman–Crippen MR) is 82.9 cm³/mol. The van der Waals surface area contributed by atoms with Crippen LogP contribution in [-0.4, -0.2) is 28.6 Å². The molecule has 0 aromatic heterocycles. The Morgan fingerprint density at radius 1 is 1.20 bits per heavy atom. The van der Waals surface area contributed by atoms with Gasteiger partial charge in [-0.1, -0.05) is 31.2 Å². The average Bonchev–Trinajstić information content (AvgIpc) is 2.42. The Hall–Kier alpha value is -1.35. The molecule has 0 saturated heterocycles. The van der Waals surface area contributed by atoms with Crippen molar-refractivity contribution < 1.29 is 9.90 Å². The summed E-state index contributed by atoms with van der Waals surface area (Å²) < 4.78 is 0. The van der Waals surface area contributed by atoms with Crippen molar-refractivity contribution in [3.63, 3.8) is 0 Å². The van der Waals surface area contributed by atoms with Gasteiger partial charge in [0.2, 0.25) is 0 Å². The van der Waals surface area contributed by atoms with Crippen LogP contribution in [-0.2, 0) is 11.2 Å². The number of aryl methyl sites for hydroxylation is 1. The lowest BCUT2D eigenvalue weighted by Gasteiger charge is -2.33. The Balaban J connectivity index is 2.71. The lowest BCUT2D eigenvalue weighted by molar-refractivity contribution is -0.137. The van der Waals surface area contributed by atoms with Crippen molar-refractivity contribution in [1.29, 1.82) is 0 Å². The van der Waals surface area contributed by atoms with Crippen molar-refractivity contribution in [3.05, 3.63) is 35.4 Å². The van der Waals surface area contributed by atoms with E-state index in [1.807, 2.05) is 0 Å². The number of hydrogen-bond donors (Lipinski definition) is 1. The number of rotatable bonds is 8. The third kappa shape index (κ3) is 4.97. The van der Waals surface area contributed by atoms with Gasteiger partial charge in [0, 0.05) is 18.5 Å². The molecule has 0 spiro atoms. The molecule has 1 aromatic rings. The van der Waals surface area contributed by atoms with Gasteiger partial charge in [0.1, 0.15) is 0 Å². The summed E-state index contributed by atoms with van der Waals surface area (Å²) in [6.07, 6.45) is 2.00. The first-order valence-electron chi connectivity index (χ1n) is 7.52. The molecule has 3 nitrogen and oxygen atoms in total. The van der Waals surface area contributed by atoms with E-state index in [2.05, 4.69) is 56.9 Å². The second kappa shape index (κ2) is 8.05. The smallest absolute Gasteiger partial charge is 0.303 e. The fraction of sp³-hybridized carbons (Fsp3) is 0.588. The summed E-state index contributed by atoms with van der Waals surface area (Å²) in [5.74, 6) is -0.714. The van der Waals surface area contributed by atoms with Crippen LogP contribution in [0.2, 0.25) is 0 Å². The van der Waals surface area contributed by atoms with E-state index in [1.165, 1.54) is 11.1 Å². The number of nitrogens with zero attached hydrogens (tertiary/aromatic N) is 1. The zero-order valence-electron chi connectivity index (χ0n) is 13.1. The van der Waals surface area contributed by atoms with E-state index >= 15 is 0 Å². The number of hydrogen-bond acceptors (Lipinski definition) is 2. The summed E-state index contributed by atoms with van der Waals surface area (Å²) in [5, 5.41) is 8.76. The summed E-state index contributed by atoms with van der Waals surface area (Å²) in [7, 11) is 0. The Kier molecular flexibility index (Phi) is 6.73. The first kappa shape index (κ1) is 16.7. The molecule has 1 atom stereocenters. The van der Waals surface area contributed by atoms with Gasteiger partial charge < -0.3 is 5.11 Å². The van der Waals surface area contributed by atoms with E-state index in [4.69, 9.17) is 5.11 Å². The highest BCUT2D eigenvalue weighted by Crippen LogP contribution is 2.23. The van der Waals surface area contributed by atoms with Gasteiger partial charge in [-0.05, 0) is 51.3 Å². The highest BCUT2D eigenvalue weighted by molar-refractivity contribution is 5.66. The van der Waals surface area contributed by atoms with Gasteiger partial charge in [0.25, 0.3) is 0 Å². The van der Waals surface area contributed by atoms with Crippen LogP contribution in [0.4, 0.5) is 0 Å². The van der Waals surface area contributed by atoms with Crippen LogP contribution in [0, 0.1) is 0 Å². The molecular formula is C17H27NO2. The summed E-state index contributed by atoms with van der Waals surface area (Å²) >= 11 is 0. The molecule has 0 aliphatic heterocycles. The van der Waals surface area contributed by atoms with Crippen LogP contribution in [0.25, 0.3) is 0 Å². The minimum Gasteiger partial charge on any atom is -0.481 e. The van der Waals surface area contributed by atoms with Crippen LogP contribution in [0.5, 0.6) is 0 Å². The zero-order chi connectivity index (χ0) is 15.1. The fourth-order valence-corrected chi connectivity index (χ4v) is 2.54. The van der Waals surface area contributed by atoms with Crippen molar-refractivity contribution in [2.24, 2.45) is 0 Å². The second-order valence-corrected chi connectivity index (χ2v) is 5.60. The zero-order valence-corrected chi connectivity index (χ0v) is 13.1. The van der Waals surface area contributed by atoms with Crippen molar-refractivity contribution in [2.75, 3.05) is 6.54 Å². The standard InChI is InChI=1S/C17H27NO2/c1-5-15-8-10-16(11-9-15)14(4)18(13(2)3)12-6-7-17(19)20/h8-11,13-14H,5-7,12H2,1-4H3,(H,19,20). The molecule has 1 rings (SSSR count). The maximum absolute atomic E-state index is 10.6. The monoisotopic (exact) mass is 277 g/mol. The Labute approximate surface area is 122 Å². The maximum Gasteiger partial charge on any atom is 0.303 e. The number of benzene rings is 1. The SMILES string of the molecule is CCc1ccc(C(C)N(CCCC(=O)O)C(C)C)cc1. The van der Waals surface area contributed by atoms with E-state index in [0.29, 0.717) is 18.5 Å². The molecule has 20 heavy (non-hydrogen) atoms. The van der Waals surface area contributed by atoms with Gasteiger partial charge in [0.15, 0.2) is 0 Å². The minimum atomic E-state index is -0.714. The number of carbonyl (C=O) groups is 1. The molecule has 0 amide bonds. The van der Waals surface area contributed by atoms with Crippen molar-refractivity contribution in [2.45, 2.75) is 59.0 Å². The lowest BCUT2D eigenvalue weighted by Crippen LogP contribution is -2.34. The molecule has 0 aliphatic rings. The van der Waals surface area contributed by atoms with Gasteiger partial charge in [-0.15, -0.1) is 0 Å². The molecule has 1 unspecified atom stereocenters. The molecule has 0 aliphatic carbocycles. The van der Waals surface area contributed by atoms with Crippen LogP contribution < -0.4 is 0 Å². The number of aliphatic carboxylic acids is 1. The third-order valence-electron chi connectivity index (χ3n) is 3.84. The molecule has 1 aromatic carbocycles. The van der Waals surface area contributed by atoms with Gasteiger partial charge in [-0.2, -0.15) is 0 Å². The molecule has 3 heteroatoms. The molecule has 0 saturated carbocycles. The quantitative estimate of drug-likeness (QED) is 0.783. The molecule has 0 fully saturated rings. The summed E-state index contributed by atoms with van der Waals surface area (Å²) in [6, 6.07) is 9.47. The molecule has 0 heterocycles. The van der Waals surface area contributed by atoms with E-state index in [9.17, 15) is 4.79 Å². The lowest BCUT2D eigenvalue weighted by atomic mass is 10.0. The molecular weight excluding hydrogens is 250 g/mol. The van der Waals surface area contributed by atoms with Crippen LogP contribution >= 0.6 is 0 Å². The van der Waals surface area contributed by atoms with E-state index < -0.39 is 5.97 Å². The topological polar surface area (TPSA) is 40.5 Å². The summed E-state index contributed by atoms with van der Waals surface area (Å²) in [5.41, 5.74) is 2.65. The molecule has 0 radical (unpaired) electrons. The second-order valence-electron chi connectivity index (χ2n) is 5.60. The van der Waals surface area contributed by atoms with Crippen LogP contribution in [0.15, 0.2) is 24.3 Å². The largest absolute Gasteiger partial charge is 0.481 e. The average molecular weight is 277 g/mol. The van der Waals surface area contributed by atoms with Crippen molar-refractivity contribution in [3.8, 4) is 0 Å². The predicted octanol–water partition coefficient (Wildman–Crippen LogP) is 3.89. The molecule has 0 bridgehead atoms. The van der Waals surface area contributed by atoms with E-state index in [-0.39, 0.29) is 6.42 Å². The maximum atomic E-state index is 10.6. The highest BCUT2D eigenvalue weighted by Gasteiger charge is 2.18. The number of carboxylic acids is 1. The Bertz CT molecular complexity index is 412. The van der Waals surface area contributed by atoms with E-state index in [1.54, 1.807) is 0 Å². The highest BCUT2D eigenvalue weighted by atomic mass is 16.4. The molecule has 1 N–H and O–H groups in total. The van der Waals surface area contributed by atoms with Gasteiger partial charge >= 0.3 is 5.97 Å². The minimum absolute atomic E-state index is 0.241. The Morgan fingerprint density at radius 3 is 2.25 bits per heavy atom. The first-order valence-corrected chi connectivity index (χ1v) is 7.52. The van der Waals surface area contributed by atoms with Crippen LogP contribution in [0.1, 0.15) is 57.7 Å². The molecule has 112 valence electrons. The summed E-state index contributed by atoms with van der Waals surface area (Å²) in [6.45, 7) is 9.50. The van der Waals surface area contributed by atoms with Gasteiger partial charge in [-0.3, -0.25) is 9.69 Å². The normalized spacial score (nSPS) is 12.9. The first-order chi connectivity index (χ1) is 9.45. The summed E-state index contributed by atoms with van der Waals surface area (Å²) in [4.78, 5) is 13.0. The Morgan fingerprint density at radius 2 is 1.80 bits per heavy atom. The van der Waals surface area contributed by atoms with Gasteiger partial charge in [0.05, 0.1) is 0 Å². The van der Waals surface area contributed by atoms with Crippen LogP contribution in [0.3, 0.4) is 0 Å². The fourth-order valence-electron chi connectivity index (χ4n) is 2.54. The number of carboxylic acid groups (broad SMARTS) is 1. The van der Waals surface area contributed by atoms with Crippen molar-refractivity contribution >= 4 is 5.97 Å². The van der Waals surface area contributed by atoms with E-state index in [0.717, 1.165) is 13.0 Å². The van der Waals surface area contributed by atoms with Crippen molar-refractivity contribution in [1.82, 2.24) is 4.90 Å². The third-order valence-corrected chi connectivity index (χ3v) is 3.84.